The van der Waals surface area contributed by atoms with Crippen LogP contribution in [0.25, 0.3) is 38.1 Å². The van der Waals surface area contributed by atoms with Crippen LogP contribution in [0.2, 0.25) is 0 Å². The van der Waals surface area contributed by atoms with Gasteiger partial charge in [0.15, 0.2) is 0 Å². The fourth-order valence-corrected chi connectivity index (χ4v) is 10.6. The minimum absolute atomic E-state index is 0.132. The first-order valence-corrected chi connectivity index (χ1v) is 26.4. The Kier molecular flexibility index (Phi) is 19.4. The van der Waals surface area contributed by atoms with Gasteiger partial charge >= 0.3 is 0 Å². The molecule has 0 bridgehead atoms. The molecule has 0 N–H and O–H groups in total. The fourth-order valence-electron chi connectivity index (χ4n) is 9.48. The Hall–Kier alpha value is -7.13. The predicted molar refractivity (Wildman–Crippen MR) is 316 cm³/mol. The molecule has 0 radical (unpaired) electrons. The number of allylic oxidation sites excluding steroid dienone is 1. The van der Waals surface area contributed by atoms with Crippen LogP contribution in [0.5, 0.6) is 0 Å². The molecule has 0 atom stereocenters. The molecule has 0 saturated heterocycles. The van der Waals surface area contributed by atoms with E-state index in [-0.39, 0.29) is 11.2 Å². The van der Waals surface area contributed by atoms with Gasteiger partial charge in [-0.05, 0) is 153 Å². The lowest BCUT2D eigenvalue weighted by atomic mass is 9.67. The van der Waals surface area contributed by atoms with E-state index >= 15 is 0 Å². The first kappa shape index (κ1) is 54.2. The van der Waals surface area contributed by atoms with Crippen molar-refractivity contribution in [3.63, 3.8) is 0 Å². The third-order valence-corrected chi connectivity index (χ3v) is 14.3. The molecule has 72 heavy (non-hydrogen) atoms. The van der Waals surface area contributed by atoms with Gasteiger partial charge < -0.3 is 0 Å². The standard InChI is InChI=1S/C31H24.C13H14S.C9H12.C8H10.C7H7F.C2H6/c1-21-17-18-27-28(19-21)31(23-11-5-3-6-12-23,24-13-7-4-8-14-24)29-20-22(2)25-15-9-10-16-26(25)30(27)29;1-4-6-11-10(3)14-12-8-5-7-9(2)13(11)12;1-3-9-6-4-8(2)5-7-9;1-7-3-5-8(2)6-4-7;1-6-4-2-3-5-7(6)8;1-2/h3-20H,1-2H3;4-8H,1-3H3;4-7H,3H2,1-2H3;3-6H,1-2H3;2-5H,1H3;1-2H3/b;6-4-;;;;. The lowest BCUT2D eigenvalue weighted by Gasteiger charge is -2.34. The Morgan fingerprint density at radius 2 is 0.972 bits per heavy atom. The minimum Gasteiger partial charge on any atom is -0.207 e. The number of fused-ring (bicyclic) bond motifs is 6. The van der Waals surface area contributed by atoms with Crippen molar-refractivity contribution < 1.29 is 4.39 Å². The molecule has 0 nitrogen and oxygen atoms in total. The van der Waals surface area contributed by atoms with Crippen LogP contribution in [0, 0.1) is 61.2 Å². The van der Waals surface area contributed by atoms with Crippen molar-refractivity contribution in [3.8, 4) is 11.1 Å². The van der Waals surface area contributed by atoms with E-state index in [2.05, 4.69) is 250 Å². The monoisotopic (exact) mass is 965 g/mol. The van der Waals surface area contributed by atoms with Crippen molar-refractivity contribution in [3.05, 3.63) is 289 Å². The van der Waals surface area contributed by atoms with Gasteiger partial charge in [0.05, 0.1) is 5.41 Å². The van der Waals surface area contributed by atoms with E-state index in [0.717, 1.165) is 6.42 Å². The van der Waals surface area contributed by atoms with E-state index in [1.165, 1.54) is 110 Å². The zero-order valence-corrected chi connectivity index (χ0v) is 45.5. The molecule has 2 heteroatoms. The molecular formula is C70H73FS. The van der Waals surface area contributed by atoms with Crippen LogP contribution in [-0.4, -0.2) is 0 Å². The van der Waals surface area contributed by atoms with Crippen molar-refractivity contribution in [1.29, 1.82) is 0 Å². The first-order chi connectivity index (χ1) is 34.9. The summed E-state index contributed by atoms with van der Waals surface area (Å²) in [5, 5.41) is 4.11. The highest BCUT2D eigenvalue weighted by atomic mass is 32.1. The molecule has 0 amide bonds. The van der Waals surface area contributed by atoms with Gasteiger partial charge in [0, 0.05) is 15.0 Å². The molecule has 11 rings (SSSR count). The predicted octanol–water partition coefficient (Wildman–Crippen LogP) is 20.4. The Balaban J connectivity index is 0.000000170. The maximum Gasteiger partial charge on any atom is 0.126 e. The largest absolute Gasteiger partial charge is 0.207 e. The van der Waals surface area contributed by atoms with Crippen molar-refractivity contribution in [2.45, 2.75) is 94.9 Å². The van der Waals surface area contributed by atoms with Gasteiger partial charge in [0.1, 0.15) is 5.82 Å². The van der Waals surface area contributed by atoms with Crippen LogP contribution >= 0.6 is 11.3 Å². The number of halogens is 1. The second-order valence-electron chi connectivity index (χ2n) is 18.5. The average molecular weight is 965 g/mol. The zero-order valence-electron chi connectivity index (χ0n) is 44.7. The van der Waals surface area contributed by atoms with E-state index in [0.29, 0.717) is 5.56 Å². The first-order valence-electron chi connectivity index (χ1n) is 25.5. The maximum atomic E-state index is 12.3. The summed E-state index contributed by atoms with van der Waals surface area (Å²) >= 11 is 1.88. The van der Waals surface area contributed by atoms with E-state index in [1.807, 2.05) is 31.3 Å². The number of hydrogen-bond acceptors (Lipinski definition) is 1. The van der Waals surface area contributed by atoms with Crippen LogP contribution in [0.15, 0.2) is 206 Å². The topological polar surface area (TPSA) is 0 Å². The summed E-state index contributed by atoms with van der Waals surface area (Å²) < 4.78 is 13.7. The van der Waals surface area contributed by atoms with Gasteiger partial charge in [0.25, 0.3) is 0 Å². The number of hydrogen-bond donors (Lipinski definition) is 0. The highest BCUT2D eigenvalue weighted by Gasteiger charge is 2.46. The Bertz CT molecular complexity index is 3240. The molecule has 0 saturated carbocycles. The normalized spacial score (nSPS) is 11.5. The summed E-state index contributed by atoms with van der Waals surface area (Å²) in [4.78, 5) is 1.41. The van der Waals surface area contributed by atoms with E-state index < -0.39 is 0 Å². The van der Waals surface area contributed by atoms with Crippen LogP contribution in [0.1, 0.15) is 105 Å². The van der Waals surface area contributed by atoms with E-state index in [1.54, 1.807) is 19.1 Å². The second kappa shape index (κ2) is 25.8. The summed E-state index contributed by atoms with van der Waals surface area (Å²) in [6.07, 6.45) is 5.46. The van der Waals surface area contributed by atoms with Crippen LogP contribution in [-0.2, 0) is 11.8 Å². The van der Waals surface area contributed by atoms with Crippen molar-refractivity contribution in [2.24, 2.45) is 0 Å². The average Bonchev–Trinajstić information content (AvgIpc) is 3.89. The van der Waals surface area contributed by atoms with Gasteiger partial charge in [0.2, 0.25) is 0 Å². The maximum absolute atomic E-state index is 12.3. The smallest absolute Gasteiger partial charge is 0.126 e. The zero-order chi connectivity index (χ0) is 51.8. The molecule has 366 valence electrons. The highest BCUT2D eigenvalue weighted by molar-refractivity contribution is 7.19. The molecule has 0 unspecified atom stereocenters. The van der Waals surface area contributed by atoms with Gasteiger partial charge in [-0.1, -0.05) is 243 Å². The van der Waals surface area contributed by atoms with E-state index in [4.69, 9.17) is 0 Å². The second-order valence-corrected chi connectivity index (χ2v) is 19.7. The highest BCUT2D eigenvalue weighted by Crippen LogP contribution is 2.58. The summed E-state index contributed by atoms with van der Waals surface area (Å²) in [5.41, 5.74) is 19.3. The molecule has 1 aliphatic rings. The summed E-state index contributed by atoms with van der Waals surface area (Å²) in [7, 11) is 0. The van der Waals surface area contributed by atoms with Crippen molar-refractivity contribution in [2.75, 3.05) is 0 Å². The number of rotatable bonds is 4. The molecular weight excluding hydrogens is 892 g/mol. The summed E-state index contributed by atoms with van der Waals surface area (Å²) in [5.74, 6) is -0.132. The molecule has 10 aromatic rings. The van der Waals surface area contributed by atoms with Crippen molar-refractivity contribution in [1.82, 2.24) is 0 Å². The Morgan fingerprint density at radius 3 is 1.50 bits per heavy atom. The van der Waals surface area contributed by atoms with Gasteiger partial charge in [-0.3, -0.25) is 0 Å². The van der Waals surface area contributed by atoms with Crippen LogP contribution in [0.3, 0.4) is 0 Å². The molecule has 9 aromatic carbocycles. The molecule has 0 aliphatic heterocycles. The SMILES string of the molecule is C/C=C\c1c(C)sc2cccc(C)c12.CC.CCc1ccc(C)cc1.Cc1ccc(C)cc1.Cc1ccc2c(c1)C(c1ccccc1)(c1ccccc1)c1cc(C)c3ccccc3c1-2.Cc1ccccc1F. The minimum atomic E-state index is -0.325. The molecule has 1 aliphatic carbocycles. The van der Waals surface area contributed by atoms with Crippen LogP contribution < -0.4 is 0 Å². The van der Waals surface area contributed by atoms with Crippen LogP contribution in [0.4, 0.5) is 4.39 Å². The summed E-state index contributed by atoms with van der Waals surface area (Å²) in [6.45, 7) is 25.1. The van der Waals surface area contributed by atoms with E-state index in [9.17, 15) is 4.39 Å². The third-order valence-electron chi connectivity index (χ3n) is 13.2. The summed E-state index contributed by atoms with van der Waals surface area (Å²) in [6, 6.07) is 70.7. The van der Waals surface area contributed by atoms with Gasteiger partial charge in [-0.15, -0.1) is 11.3 Å². The van der Waals surface area contributed by atoms with Gasteiger partial charge in [-0.25, -0.2) is 4.39 Å². The lowest BCUT2D eigenvalue weighted by Crippen LogP contribution is -2.28. The quantitative estimate of drug-likeness (QED) is 0.165. The fraction of sp³-hybridized carbons (Fsp3) is 0.200. The number of thiophene rings is 1. The number of aryl methyl sites for hydroxylation is 9. The third kappa shape index (κ3) is 12.5. The van der Waals surface area contributed by atoms with Crippen molar-refractivity contribution >= 4 is 38.3 Å². The molecule has 1 heterocycles. The Morgan fingerprint density at radius 1 is 0.472 bits per heavy atom. The lowest BCUT2D eigenvalue weighted by molar-refractivity contribution is 0.618. The van der Waals surface area contributed by atoms with Gasteiger partial charge in [-0.2, -0.15) is 0 Å². The Labute approximate surface area is 435 Å². The molecule has 1 aromatic heterocycles. The number of benzene rings is 9. The molecule has 0 fully saturated rings. The molecule has 0 spiro atoms.